The molecule has 3 aliphatic rings. The zero-order valence-corrected chi connectivity index (χ0v) is 12.7. The molecule has 5 nitrogen and oxygen atoms in total. The Morgan fingerprint density at radius 2 is 1.88 bits per heavy atom. The molecule has 1 spiro atoms. The minimum atomic E-state index is -0.871. The largest absolute Gasteiger partial charge is 0.491 e. The maximum absolute atomic E-state index is 13.3. The highest BCUT2D eigenvalue weighted by atomic mass is 16.7. The molecular formula is C19H13NO4. The fourth-order valence-electron chi connectivity index (χ4n) is 3.81. The highest BCUT2D eigenvalue weighted by Gasteiger charge is 2.57. The summed E-state index contributed by atoms with van der Waals surface area (Å²) in [6.07, 6.45) is 5.47. The normalized spacial score (nSPS) is 22.3. The molecule has 2 aromatic carbocycles. The van der Waals surface area contributed by atoms with Crippen molar-refractivity contribution in [3.63, 3.8) is 0 Å². The molecule has 0 aliphatic carbocycles. The topological polar surface area (TPSA) is 48.0 Å². The first-order chi connectivity index (χ1) is 11.8. The number of nitrogens with zero attached hydrogens (tertiary/aromatic N) is 1. The number of hydrogen-bond acceptors (Lipinski definition) is 4. The molecule has 118 valence electrons. The van der Waals surface area contributed by atoms with Gasteiger partial charge in [-0.2, -0.15) is 0 Å². The Hall–Kier alpha value is -3.13. The average Bonchev–Trinajstić information content (AvgIpc) is 3.27. The second-order valence-corrected chi connectivity index (χ2v) is 6.01. The van der Waals surface area contributed by atoms with E-state index in [1.54, 1.807) is 11.0 Å². The molecule has 0 radical (unpaired) electrons. The number of rotatable bonds is 1. The van der Waals surface area contributed by atoms with Crippen LogP contribution in [0.5, 0.6) is 17.2 Å². The minimum Gasteiger partial charge on any atom is -0.491 e. The molecule has 24 heavy (non-hydrogen) atoms. The van der Waals surface area contributed by atoms with E-state index in [0.717, 1.165) is 16.8 Å². The Morgan fingerprint density at radius 1 is 1.08 bits per heavy atom. The lowest BCUT2D eigenvalue weighted by atomic mass is 9.77. The molecule has 1 atom stereocenters. The molecule has 3 heterocycles. The van der Waals surface area contributed by atoms with Gasteiger partial charge in [-0.05, 0) is 17.7 Å². The smallest absolute Gasteiger partial charge is 0.246 e. The number of anilines is 1. The SMILES string of the molecule is C#CCN1C(=O)C2(COc3cc4c(cc32)OCO4)c2ccccc21. The van der Waals surface area contributed by atoms with Gasteiger partial charge in [0.2, 0.25) is 12.7 Å². The van der Waals surface area contributed by atoms with Crippen LogP contribution in [0.1, 0.15) is 11.1 Å². The highest BCUT2D eigenvalue weighted by molar-refractivity contribution is 6.11. The second-order valence-electron chi connectivity index (χ2n) is 6.01. The van der Waals surface area contributed by atoms with Crippen LogP contribution < -0.4 is 19.1 Å². The number of para-hydroxylation sites is 1. The lowest BCUT2D eigenvalue weighted by Crippen LogP contribution is -2.42. The molecule has 0 aromatic heterocycles. The summed E-state index contributed by atoms with van der Waals surface area (Å²) in [6.45, 7) is 0.665. The number of carbonyl (C=O) groups is 1. The van der Waals surface area contributed by atoms with Crippen molar-refractivity contribution in [2.24, 2.45) is 0 Å². The van der Waals surface area contributed by atoms with Crippen LogP contribution in [-0.2, 0) is 10.2 Å². The lowest BCUT2D eigenvalue weighted by Gasteiger charge is -2.22. The van der Waals surface area contributed by atoms with Gasteiger partial charge in [0.25, 0.3) is 0 Å². The van der Waals surface area contributed by atoms with Crippen molar-refractivity contribution in [2.45, 2.75) is 5.41 Å². The molecule has 0 bridgehead atoms. The van der Waals surface area contributed by atoms with E-state index in [1.165, 1.54) is 0 Å². The van der Waals surface area contributed by atoms with Crippen molar-refractivity contribution in [3.8, 4) is 29.6 Å². The van der Waals surface area contributed by atoms with Crippen LogP contribution in [0.25, 0.3) is 0 Å². The summed E-state index contributed by atoms with van der Waals surface area (Å²) in [5, 5.41) is 0. The van der Waals surface area contributed by atoms with Crippen molar-refractivity contribution < 1.29 is 19.0 Å². The predicted molar refractivity (Wildman–Crippen MR) is 86.5 cm³/mol. The monoisotopic (exact) mass is 319 g/mol. The number of amides is 1. The molecule has 1 amide bonds. The third-order valence-corrected chi connectivity index (χ3v) is 4.89. The summed E-state index contributed by atoms with van der Waals surface area (Å²) in [5.74, 6) is 4.46. The Bertz CT molecular complexity index is 929. The van der Waals surface area contributed by atoms with Crippen molar-refractivity contribution in [1.82, 2.24) is 0 Å². The second kappa shape index (κ2) is 4.45. The summed E-state index contributed by atoms with van der Waals surface area (Å²) in [5.41, 5.74) is 1.70. The van der Waals surface area contributed by atoms with Gasteiger partial charge in [0.15, 0.2) is 11.5 Å². The van der Waals surface area contributed by atoms with E-state index in [0.29, 0.717) is 17.2 Å². The summed E-state index contributed by atoms with van der Waals surface area (Å²) in [7, 11) is 0. The van der Waals surface area contributed by atoms with Gasteiger partial charge in [-0.15, -0.1) is 6.42 Å². The Balaban J connectivity index is 1.76. The lowest BCUT2D eigenvalue weighted by molar-refractivity contribution is -0.122. The summed E-state index contributed by atoms with van der Waals surface area (Å²) < 4.78 is 16.8. The first kappa shape index (κ1) is 13.3. The van der Waals surface area contributed by atoms with E-state index >= 15 is 0 Å². The van der Waals surface area contributed by atoms with E-state index in [-0.39, 0.29) is 25.9 Å². The van der Waals surface area contributed by atoms with Crippen molar-refractivity contribution in [3.05, 3.63) is 47.5 Å². The Kier molecular flexibility index (Phi) is 2.47. The molecule has 5 rings (SSSR count). The van der Waals surface area contributed by atoms with E-state index in [9.17, 15) is 4.79 Å². The van der Waals surface area contributed by atoms with E-state index in [2.05, 4.69) is 5.92 Å². The van der Waals surface area contributed by atoms with E-state index < -0.39 is 5.41 Å². The fraction of sp³-hybridized carbons (Fsp3) is 0.211. The van der Waals surface area contributed by atoms with Crippen LogP contribution in [0.15, 0.2) is 36.4 Å². The summed E-state index contributed by atoms with van der Waals surface area (Å²) in [4.78, 5) is 15.0. The standard InChI is InChI=1S/C19H13NO4/c1-2-7-20-14-6-4-3-5-12(14)19(18(20)21)10-22-15-9-17-16(8-13(15)19)23-11-24-17/h1,3-6,8-9H,7,10-11H2. The number of fused-ring (bicyclic) bond motifs is 5. The van der Waals surface area contributed by atoms with Crippen LogP contribution in [0.2, 0.25) is 0 Å². The number of hydrogen-bond donors (Lipinski definition) is 0. The van der Waals surface area contributed by atoms with Gasteiger partial charge < -0.3 is 14.2 Å². The van der Waals surface area contributed by atoms with Crippen LogP contribution in [0.4, 0.5) is 5.69 Å². The third-order valence-electron chi connectivity index (χ3n) is 4.89. The predicted octanol–water partition coefficient (Wildman–Crippen LogP) is 2.07. The van der Waals surface area contributed by atoms with E-state index in [1.807, 2.05) is 30.3 Å². The number of ether oxygens (including phenoxy) is 3. The Morgan fingerprint density at radius 3 is 2.71 bits per heavy atom. The average molecular weight is 319 g/mol. The van der Waals surface area contributed by atoms with Gasteiger partial charge in [-0.3, -0.25) is 9.69 Å². The minimum absolute atomic E-state index is 0.0562. The van der Waals surface area contributed by atoms with E-state index in [4.69, 9.17) is 20.6 Å². The van der Waals surface area contributed by atoms with Crippen LogP contribution in [0, 0.1) is 12.3 Å². The molecule has 5 heteroatoms. The fourth-order valence-corrected chi connectivity index (χ4v) is 3.81. The van der Waals surface area contributed by atoms with Gasteiger partial charge in [0.1, 0.15) is 17.8 Å². The molecule has 2 aromatic rings. The van der Waals surface area contributed by atoms with Gasteiger partial charge in [0.05, 0.1) is 6.54 Å². The number of terminal acetylenes is 1. The van der Waals surface area contributed by atoms with Gasteiger partial charge in [0, 0.05) is 17.3 Å². The number of benzene rings is 2. The zero-order valence-electron chi connectivity index (χ0n) is 12.7. The molecule has 3 aliphatic heterocycles. The molecule has 1 unspecified atom stereocenters. The van der Waals surface area contributed by atoms with Crippen LogP contribution in [-0.4, -0.2) is 25.9 Å². The Labute approximate surface area is 138 Å². The molecule has 0 N–H and O–H groups in total. The maximum Gasteiger partial charge on any atom is 0.246 e. The molecule has 0 fully saturated rings. The molecule has 0 saturated heterocycles. The number of carbonyl (C=O) groups excluding carboxylic acids is 1. The van der Waals surface area contributed by atoms with Gasteiger partial charge in [-0.1, -0.05) is 24.1 Å². The van der Waals surface area contributed by atoms with Crippen molar-refractivity contribution in [2.75, 3.05) is 24.8 Å². The maximum atomic E-state index is 13.3. The van der Waals surface area contributed by atoms with Crippen molar-refractivity contribution >= 4 is 11.6 Å². The summed E-state index contributed by atoms with van der Waals surface area (Å²) in [6, 6.07) is 11.4. The highest BCUT2D eigenvalue weighted by Crippen LogP contribution is 2.54. The first-order valence-electron chi connectivity index (χ1n) is 7.67. The van der Waals surface area contributed by atoms with Crippen molar-refractivity contribution in [1.29, 1.82) is 0 Å². The quantitative estimate of drug-likeness (QED) is 0.755. The molecular weight excluding hydrogens is 306 g/mol. The van der Waals surface area contributed by atoms with Crippen LogP contribution >= 0.6 is 0 Å². The molecule has 0 saturated carbocycles. The first-order valence-corrected chi connectivity index (χ1v) is 7.67. The van der Waals surface area contributed by atoms with Crippen LogP contribution in [0.3, 0.4) is 0 Å². The van der Waals surface area contributed by atoms with Gasteiger partial charge >= 0.3 is 0 Å². The zero-order chi connectivity index (χ0) is 16.3. The summed E-state index contributed by atoms with van der Waals surface area (Å²) >= 11 is 0. The van der Waals surface area contributed by atoms with Gasteiger partial charge in [-0.25, -0.2) is 0 Å². The third kappa shape index (κ3) is 1.43.